The van der Waals surface area contributed by atoms with Gasteiger partial charge >= 0.3 is 0 Å². The second kappa shape index (κ2) is 4.58. The van der Waals surface area contributed by atoms with E-state index in [0.29, 0.717) is 0 Å². The Bertz CT molecular complexity index is 451. The van der Waals surface area contributed by atoms with Crippen molar-refractivity contribution in [1.29, 1.82) is 0 Å². The van der Waals surface area contributed by atoms with Crippen LogP contribution in [0.25, 0.3) is 11.1 Å². The molecule has 2 heteroatoms. The first-order valence-electron chi connectivity index (χ1n) is 5.01. The number of aryl methyl sites for hydroxylation is 1. The lowest BCUT2D eigenvalue weighted by molar-refractivity contribution is 1.02. The van der Waals surface area contributed by atoms with Gasteiger partial charge in [-0.3, -0.25) is 4.98 Å². The number of aromatic nitrogens is 1. The zero-order chi connectivity index (χ0) is 10.7. The molecule has 1 heterocycles. The summed E-state index contributed by atoms with van der Waals surface area (Å²) in [5.41, 5.74) is 3.46. The lowest BCUT2D eigenvalue weighted by Gasteiger charge is -2.04. The number of benzene rings is 1. The average molecular weight is 262 g/mol. The smallest absolute Gasteiger partial charge is 0.0543 e. The van der Waals surface area contributed by atoms with Gasteiger partial charge in [0.15, 0.2) is 0 Å². The van der Waals surface area contributed by atoms with Crippen molar-refractivity contribution in [2.75, 3.05) is 0 Å². The van der Waals surface area contributed by atoms with E-state index in [1.54, 1.807) is 0 Å². The van der Waals surface area contributed by atoms with E-state index in [1.807, 2.05) is 24.4 Å². The molecule has 0 saturated heterocycles. The first-order valence-corrected chi connectivity index (χ1v) is 5.80. The molecule has 0 aliphatic heterocycles. The zero-order valence-corrected chi connectivity index (χ0v) is 10.2. The minimum absolute atomic E-state index is 0.954. The predicted octanol–water partition coefficient (Wildman–Crippen LogP) is 4.07. The number of nitrogens with zero attached hydrogens (tertiary/aromatic N) is 1. The highest BCUT2D eigenvalue weighted by Gasteiger charge is 2.02. The maximum atomic E-state index is 4.43. The molecule has 76 valence electrons. The molecular weight excluding hydrogens is 250 g/mol. The van der Waals surface area contributed by atoms with Gasteiger partial charge in [-0.1, -0.05) is 37.3 Å². The monoisotopic (exact) mass is 261 g/mol. The van der Waals surface area contributed by atoms with Gasteiger partial charge in [0.05, 0.1) is 5.69 Å². The Labute approximate surface area is 98.3 Å². The van der Waals surface area contributed by atoms with Gasteiger partial charge in [-0.2, -0.15) is 0 Å². The molecule has 0 saturated carbocycles. The van der Waals surface area contributed by atoms with Gasteiger partial charge in [0.2, 0.25) is 0 Å². The molecule has 0 bridgehead atoms. The predicted molar refractivity (Wildman–Crippen MR) is 66.8 cm³/mol. The van der Waals surface area contributed by atoms with Crippen molar-refractivity contribution in [3.63, 3.8) is 0 Å². The topological polar surface area (TPSA) is 12.9 Å². The third kappa shape index (κ3) is 2.26. The van der Waals surface area contributed by atoms with E-state index in [4.69, 9.17) is 0 Å². The summed E-state index contributed by atoms with van der Waals surface area (Å²) in [7, 11) is 0. The quantitative estimate of drug-likeness (QED) is 0.794. The number of halogens is 1. The highest BCUT2D eigenvalue weighted by atomic mass is 79.9. The molecule has 1 aromatic heterocycles. The van der Waals surface area contributed by atoms with Crippen LogP contribution in [0.5, 0.6) is 0 Å². The highest BCUT2D eigenvalue weighted by Crippen LogP contribution is 2.24. The Morgan fingerprint density at radius 2 is 1.87 bits per heavy atom. The van der Waals surface area contributed by atoms with Gasteiger partial charge in [-0.05, 0) is 34.0 Å². The van der Waals surface area contributed by atoms with E-state index in [0.717, 1.165) is 22.2 Å². The molecule has 0 aliphatic rings. The number of pyridine rings is 1. The van der Waals surface area contributed by atoms with Crippen LogP contribution in [0.4, 0.5) is 0 Å². The summed E-state index contributed by atoms with van der Waals surface area (Å²) >= 11 is 3.54. The van der Waals surface area contributed by atoms with Crippen molar-refractivity contribution < 1.29 is 0 Å². The van der Waals surface area contributed by atoms with Crippen LogP contribution in [0.1, 0.15) is 12.6 Å². The van der Waals surface area contributed by atoms with E-state index in [1.165, 1.54) is 5.56 Å². The lowest BCUT2D eigenvalue weighted by atomic mass is 10.1. The SMILES string of the molecule is CCc1ncc(-c2ccccc2)cc1Br. The van der Waals surface area contributed by atoms with Crippen molar-refractivity contribution in [2.45, 2.75) is 13.3 Å². The fourth-order valence-electron chi connectivity index (χ4n) is 1.51. The van der Waals surface area contributed by atoms with Crippen LogP contribution >= 0.6 is 15.9 Å². The van der Waals surface area contributed by atoms with Gasteiger partial charge < -0.3 is 0 Å². The minimum atomic E-state index is 0.954. The summed E-state index contributed by atoms with van der Waals surface area (Å²) in [4.78, 5) is 4.43. The molecule has 15 heavy (non-hydrogen) atoms. The number of hydrogen-bond donors (Lipinski definition) is 0. The molecule has 0 unspecified atom stereocenters. The molecule has 0 N–H and O–H groups in total. The Kier molecular flexibility index (Phi) is 3.17. The van der Waals surface area contributed by atoms with Crippen LogP contribution < -0.4 is 0 Å². The van der Waals surface area contributed by atoms with Crippen LogP contribution in [0, 0.1) is 0 Å². The Balaban J connectivity index is 2.43. The molecule has 0 amide bonds. The van der Waals surface area contributed by atoms with Crippen LogP contribution in [0.3, 0.4) is 0 Å². The van der Waals surface area contributed by atoms with Crippen molar-refractivity contribution in [3.05, 3.63) is 52.8 Å². The second-order valence-corrected chi connectivity index (χ2v) is 4.23. The minimum Gasteiger partial charge on any atom is -0.259 e. The van der Waals surface area contributed by atoms with Crippen molar-refractivity contribution in [2.24, 2.45) is 0 Å². The Morgan fingerprint density at radius 3 is 2.47 bits per heavy atom. The van der Waals surface area contributed by atoms with Crippen LogP contribution in [0.15, 0.2) is 47.1 Å². The van der Waals surface area contributed by atoms with Gasteiger partial charge in [0.1, 0.15) is 0 Å². The summed E-state index contributed by atoms with van der Waals surface area (Å²) in [6.07, 6.45) is 2.88. The van der Waals surface area contributed by atoms with Gasteiger partial charge in [-0.15, -0.1) is 0 Å². The maximum Gasteiger partial charge on any atom is 0.0543 e. The lowest BCUT2D eigenvalue weighted by Crippen LogP contribution is -1.89. The van der Waals surface area contributed by atoms with E-state index in [2.05, 4.69) is 46.0 Å². The fourth-order valence-corrected chi connectivity index (χ4v) is 2.14. The molecule has 2 aromatic rings. The maximum absolute atomic E-state index is 4.43. The van der Waals surface area contributed by atoms with Crippen LogP contribution in [-0.2, 0) is 6.42 Å². The Hall–Kier alpha value is -1.15. The summed E-state index contributed by atoms with van der Waals surface area (Å²) in [6.45, 7) is 2.11. The normalized spacial score (nSPS) is 10.3. The molecule has 0 aliphatic carbocycles. The molecule has 0 radical (unpaired) electrons. The van der Waals surface area contributed by atoms with Crippen molar-refractivity contribution in [1.82, 2.24) is 4.98 Å². The molecular formula is C13H12BrN. The largest absolute Gasteiger partial charge is 0.259 e. The molecule has 0 spiro atoms. The zero-order valence-electron chi connectivity index (χ0n) is 8.57. The third-order valence-corrected chi connectivity index (χ3v) is 3.05. The van der Waals surface area contributed by atoms with E-state index in [9.17, 15) is 0 Å². The standard InChI is InChI=1S/C13H12BrN/c1-2-13-12(14)8-11(9-15-13)10-6-4-3-5-7-10/h3-9H,2H2,1H3. The molecule has 1 aromatic carbocycles. The summed E-state index contributed by atoms with van der Waals surface area (Å²) < 4.78 is 1.09. The molecule has 0 fully saturated rings. The second-order valence-electron chi connectivity index (χ2n) is 3.37. The van der Waals surface area contributed by atoms with Gasteiger partial charge in [0, 0.05) is 16.2 Å². The van der Waals surface area contributed by atoms with Crippen molar-refractivity contribution >= 4 is 15.9 Å². The van der Waals surface area contributed by atoms with E-state index in [-0.39, 0.29) is 0 Å². The van der Waals surface area contributed by atoms with Gasteiger partial charge in [-0.25, -0.2) is 0 Å². The van der Waals surface area contributed by atoms with Crippen LogP contribution in [-0.4, -0.2) is 4.98 Å². The fraction of sp³-hybridized carbons (Fsp3) is 0.154. The number of rotatable bonds is 2. The Morgan fingerprint density at radius 1 is 1.13 bits per heavy atom. The molecule has 2 rings (SSSR count). The van der Waals surface area contributed by atoms with E-state index >= 15 is 0 Å². The highest BCUT2D eigenvalue weighted by molar-refractivity contribution is 9.10. The summed E-state index contributed by atoms with van der Waals surface area (Å²) in [5.74, 6) is 0. The van der Waals surface area contributed by atoms with E-state index < -0.39 is 0 Å². The van der Waals surface area contributed by atoms with Crippen molar-refractivity contribution in [3.8, 4) is 11.1 Å². The first kappa shape index (κ1) is 10.4. The summed E-state index contributed by atoms with van der Waals surface area (Å²) in [5, 5.41) is 0. The molecule has 1 nitrogen and oxygen atoms in total. The summed E-state index contributed by atoms with van der Waals surface area (Å²) in [6, 6.07) is 12.4. The van der Waals surface area contributed by atoms with Crippen LogP contribution in [0.2, 0.25) is 0 Å². The van der Waals surface area contributed by atoms with Gasteiger partial charge in [0.25, 0.3) is 0 Å². The average Bonchev–Trinajstić information content (AvgIpc) is 2.30. The molecule has 0 atom stereocenters. The third-order valence-electron chi connectivity index (χ3n) is 2.36. The number of hydrogen-bond acceptors (Lipinski definition) is 1. The first-order chi connectivity index (χ1) is 7.31.